The molecule has 1 unspecified atom stereocenters. The van der Waals surface area contributed by atoms with Gasteiger partial charge in [0.1, 0.15) is 0 Å². The summed E-state index contributed by atoms with van der Waals surface area (Å²) in [5.74, 6) is 0.289. The third kappa shape index (κ3) is 2.98. The molecule has 16 heavy (non-hydrogen) atoms. The van der Waals surface area contributed by atoms with Crippen molar-refractivity contribution >= 4 is 11.6 Å². The Balaban J connectivity index is 2.70. The van der Waals surface area contributed by atoms with Crippen LogP contribution in [0.3, 0.4) is 0 Å². The molecule has 3 nitrogen and oxygen atoms in total. The molecule has 1 aromatic rings. The van der Waals surface area contributed by atoms with E-state index in [-0.39, 0.29) is 12.0 Å². The van der Waals surface area contributed by atoms with E-state index in [1.165, 1.54) is 0 Å². The molecule has 0 fully saturated rings. The van der Waals surface area contributed by atoms with Crippen LogP contribution in [0.15, 0.2) is 0 Å². The number of aromatic nitrogens is 2. The molecule has 0 aromatic carbocycles. The molecule has 0 spiro atoms. The Labute approximate surface area is 102 Å². The lowest BCUT2D eigenvalue weighted by molar-refractivity contribution is 0.116. The van der Waals surface area contributed by atoms with Gasteiger partial charge in [-0.2, -0.15) is 5.10 Å². The van der Waals surface area contributed by atoms with Crippen molar-refractivity contribution in [3.8, 4) is 0 Å². The zero-order valence-electron chi connectivity index (χ0n) is 10.5. The Morgan fingerprint density at radius 3 is 2.50 bits per heavy atom. The zero-order valence-corrected chi connectivity index (χ0v) is 11.3. The highest BCUT2D eigenvalue weighted by Crippen LogP contribution is 2.23. The molecule has 1 aromatic heterocycles. The number of rotatable bonds is 5. The van der Waals surface area contributed by atoms with E-state index in [0.29, 0.717) is 0 Å². The van der Waals surface area contributed by atoms with E-state index in [2.05, 4.69) is 5.10 Å². The Hall–Kier alpha value is -0.540. The summed E-state index contributed by atoms with van der Waals surface area (Å²) < 4.78 is 1.83. The predicted molar refractivity (Wildman–Crippen MR) is 66.8 cm³/mol. The molecule has 0 aliphatic heterocycles. The average Bonchev–Trinajstić information content (AvgIpc) is 2.51. The molecule has 1 heterocycles. The lowest BCUT2D eigenvalue weighted by atomic mass is 10.0. The largest absolute Gasteiger partial charge is 0.393 e. The first-order chi connectivity index (χ1) is 7.47. The topological polar surface area (TPSA) is 38.0 Å². The number of nitrogens with zero attached hydrogens (tertiary/aromatic N) is 2. The molecule has 0 saturated carbocycles. The fourth-order valence-electron chi connectivity index (χ4n) is 1.71. The number of hydrogen-bond donors (Lipinski definition) is 1. The number of aliphatic hydroxyl groups excluding tert-OH is 1. The first-order valence-corrected chi connectivity index (χ1v) is 6.23. The molecule has 1 N–H and O–H groups in total. The van der Waals surface area contributed by atoms with Crippen molar-refractivity contribution in [3.05, 3.63) is 16.4 Å². The van der Waals surface area contributed by atoms with Gasteiger partial charge >= 0.3 is 0 Å². The molecule has 0 radical (unpaired) electrons. The summed E-state index contributed by atoms with van der Waals surface area (Å²) in [4.78, 5) is 0. The quantitative estimate of drug-likeness (QED) is 0.865. The highest BCUT2D eigenvalue weighted by molar-refractivity contribution is 6.31. The first kappa shape index (κ1) is 13.5. The summed E-state index contributed by atoms with van der Waals surface area (Å²) in [5, 5.41) is 14.9. The van der Waals surface area contributed by atoms with Crippen molar-refractivity contribution in [2.24, 2.45) is 13.0 Å². The SMILES string of the molecule is CCc1nn(C)c(CCC(O)C(C)C)c1Cl. The summed E-state index contributed by atoms with van der Waals surface area (Å²) in [5.41, 5.74) is 1.97. The van der Waals surface area contributed by atoms with Gasteiger partial charge in [0.05, 0.1) is 22.5 Å². The van der Waals surface area contributed by atoms with Gasteiger partial charge in [0, 0.05) is 7.05 Å². The van der Waals surface area contributed by atoms with Crippen LogP contribution < -0.4 is 0 Å². The van der Waals surface area contributed by atoms with Crippen molar-refractivity contribution in [2.45, 2.75) is 46.1 Å². The van der Waals surface area contributed by atoms with E-state index >= 15 is 0 Å². The number of aryl methyl sites for hydroxylation is 2. The highest BCUT2D eigenvalue weighted by atomic mass is 35.5. The van der Waals surface area contributed by atoms with Crippen LogP contribution in [0.5, 0.6) is 0 Å². The van der Waals surface area contributed by atoms with Gasteiger partial charge in [0.2, 0.25) is 0 Å². The van der Waals surface area contributed by atoms with Crippen molar-refractivity contribution in [1.29, 1.82) is 0 Å². The predicted octanol–water partition coefficient (Wildman–Crippen LogP) is 2.59. The lowest BCUT2D eigenvalue weighted by Gasteiger charge is -2.14. The molecule has 92 valence electrons. The molecule has 1 atom stereocenters. The van der Waals surface area contributed by atoms with Crippen LogP contribution in [0.2, 0.25) is 5.02 Å². The van der Waals surface area contributed by atoms with Gasteiger partial charge in [-0.15, -0.1) is 0 Å². The van der Waals surface area contributed by atoms with Gasteiger partial charge in [-0.3, -0.25) is 4.68 Å². The summed E-state index contributed by atoms with van der Waals surface area (Å²) in [7, 11) is 1.90. The molecule has 0 aliphatic carbocycles. The Morgan fingerprint density at radius 2 is 2.06 bits per heavy atom. The Bertz CT molecular complexity index is 347. The minimum atomic E-state index is -0.268. The smallest absolute Gasteiger partial charge is 0.0849 e. The van der Waals surface area contributed by atoms with Crippen molar-refractivity contribution in [2.75, 3.05) is 0 Å². The molecule has 1 rings (SSSR count). The minimum Gasteiger partial charge on any atom is -0.393 e. The molecule has 0 saturated heterocycles. The van der Waals surface area contributed by atoms with Crippen LogP contribution in [0.25, 0.3) is 0 Å². The lowest BCUT2D eigenvalue weighted by Crippen LogP contribution is -2.16. The molecule has 4 heteroatoms. The van der Waals surface area contributed by atoms with Crippen molar-refractivity contribution in [1.82, 2.24) is 9.78 Å². The third-order valence-corrected chi connectivity index (χ3v) is 3.39. The Morgan fingerprint density at radius 1 is 1.44 bits per heavy atom. The van der Waals surface area contributed by atoms with Crippen LogP contribution >= 0.6 is 11.6 Å². The molecule has 0 aliphatic rings. The van der Waals surface area contributed by atoms with Gasteiger partial charge in [-0.05, 0) is 25.2 Å². The van der Waals surface area contributed by atoms with Crippen LogP contribution in [-0.2, 0) is 19.9 Å². The van der Waals surface area contributed by atoms with Crippen LogP contribution in [-0.4, -0.2) is 21.0 Å². The molecular weight excluding hydrogens is 224 g/mol. The van der Waals surface area contributed by atoms with Crippen LogP contribution in [0.1, 0.15) is 38.6 Å². The second kappa shape index (κ2) is 5.69. The van der Waals surface area contributed by atoms with Gasteiger partial charge in [-0.25, -0.2) is 0 Å². The van der Waals surface area contributed by atoms with E-state index in [4.69, 9.17) is 11.6 Å². The van der Waals surface area contributed by atoms with E-state index < -0.39 is 0 Å². The summed E-state index contributed by atoms with van der Waals surface area (Å²) in [6.45, 7) is 6.08. The Kier molecular flexibility index (Phi) is 4.81. The van der Waals surface area contributed by atoms with Crippen LogP contribution in [0, 0.1) is 5.92 Å². The zero-order chi connectivity index (χ0) is 12.3. The maximum absolute atomic E-state index is 9.76. The maximum Gasteiger partial charge on any atom is 0.0849 e. The monoisotopic (exact) mass is 244 g/mol. The van der Waals surface area contributed by atoms with E-state index in [1.807, 2.05) is 32.5 Å². The second-order valence-corrected chi connectivity index (χ2v) is 4.91. The van der Waals surface area contributed by atoms with Crippen molar-refractivity contribution in [3.63, 3.8) is 0 Å². The average molecular weight is 245 g/mol. The standard InChI is InChI=1S/C12H21ClN2O/c1-5-9-12(13)10(15(4)14-9)6-7-11(16)8(2)3/h8,11,16H,5-7H2,1-4H3. The number of halogens is 1. The van der Waals surface area contributed by atoms with E-state index in [0.717, 1.165) is 35.7 Å². The maximum atomic E-state index is 9.76. The van der Waals surface area contributed by atoms with E-state index in [9.17, 15) is 5.11 Å². The van der Waals surface area contributed by atoms with Gasteiger partial charge in [0.25, 0.3) is 0 Å². The number of aliphatic hydroxyl groups is 1. The molecule has 0 amide bonds. The highest BCUT2D eigenvalue weighted by Gasteiger charge is 2.15. The fraction of sp³-hybridized carbons (Fsp3) is 0.750. The number of hydrogen-bond acceptors (Lipinski definition) is 2. The molecular formula is C12H21ClN2O. The summed E-state index contributed by atoms with van der Waals surface area (Å²) in [6, 6.07) is 0. The van der Waals surface area contributed by atoms with Gasteiger partial charge in [0.15, 0.2) is 0 Å². The van der Waals surface area contributed by atoms with Crippen LogP contribution in [0.4, 0.5) is 0 Å². The minimum absolute atomic E-state index is 0.268. The van der Waals surface area contributed by atoms with Crippen molar-refractivity contribution < 1.29 is 5.11 Å². The van der Waals surface area contributed by atoms with Gasteiger partial charge in [-0.1, -0.05) is 32.4 Å². The fourth-order valence-corrected chi connectivity index (χ4v) is 2.10. The van der Waals surface area contributed by atoms with Gasteiger partial charge < -0.3 is 5.11 Å². The summed E-state index contributed by atoms with van der Waals surface area (Å²) >= 11 is 6.23. The summed E-state index contributed by atoms with van der Waals surface area (Å²) in [6.07, 6.45) is 2.09. The molecule has 0 bridgehead atoms. The van der Waals surface area contributed by atoms with E-state index in [1.54, 1.807) is 0 Å². The third-order valence-electron chi connectivity index (χ3n) is 2.95. The second-order valence-electron chi connectivity index (χ2n) is 4.53. The first-order valence-electron chi connectivity index (χ1n) is 5.85. The normalized spacial score (nSPS) is 13.4.